The van der Waals surface area contributed by atoms with Crippen LogP contribution in [0.4, 0.5) is 0 Å². The first-order valence-corrected chi connectivity index (χ1v) is 12.1. The maximum atomic E-state index is 13.7. The fourth-order valence-electron chi connectivity index (χ4n) is 4.78. The fraction of sp³-hybridized carbons (Fsp3) is 0.133. The maximum Gasteiger partial charge on any atom is 0.321 e. The van der Waals surface area contributed by atoms with E-state index < -0.39 is 5.92 Å². The van der Waals surface area contributed by atoms with Crippen molar-refractivity contribution >= 4 is 16.9 Å². The van der Waals surface area contributed by atoms with E-state index in [2.05, 4.69) is 9.97 Å². The number of hydrogen-bond acceptors (Lipinski definition) is 9. The molecule has 2 aromatic heterocycles. The van der Waals surface area contributed by atoms with Gasteiger partial charge in [0, 0.05) is 23.9 Å². The van der Waals surface area contributed by atoms with Crippen molar-refractivity contribution in [1.29, 1.82) is 0 Å². The molecule has 0 saturated heterocycles. The van der Waals surface area contributed by atoms with Crippen LogP contribution < -0.4 is 24.4 Å². The molecule has 1 aliphatic heterocycles. The van der Waals surface area contributed by atoms with Crippen LogP contribution in [-0.2, 0) is 4.79 Å². The second kappa shape index (κ2) is 9.94. The molecule has 9 heteroatoms. The van der Waals surface area contributed by atoms with E-state index in [1.54, 1.807) is 62.0 Å². The molecule has 6 rings (SSSR count). The van der Waals surface area contributed by atoms with Crippen molar-refractivity contribution in [2.75, 3.05) is 14.2 Å². The Labute approximate surface area is 222 Å². The second-order valence-electron chi connectivity index (χ2n) is 8.84. The first-order chi connectivity index (χ1) is 19.1. The molecule has 0 radical (unpaired) electrons. The van der Waals surface area contributed by atoms with Crippen LogP contribution in [0.3, 0.4) is 0 Å². The lowest BCUT2D eigenvalue weighted by molar-refractivity contribution is -0.135. The van der Waals surface area contributed by atoms with E-state index in [9.17, 15) is 9.59 Å². The van der Waals surface area contributed by atoms with E-state index in [-0.39, 0.29) is 23.8 Å². The molecule has 3 heterocycles. The molecule has 0 spiro atoms. The number of carbonyl (C=O) groups is 1. The molecule has 1 unspecified atom stereocenters. The van der Waals surface area contributed by atoms with Crippen molar-refractivity contribution in [3.05, 3.63) is 101 Å². The molecule has 0 aliphatic carbocycles. The van der Waals surface area contributed by atoms with Crippen molar-refractivity contribution < 1.29 is 28.2 Å². The van der Waals surface area contributed by atoms with Crippen LogP contribution in [0.15, 0.2) is 88.5 Å². The van der Waals surface area contributed by atoms with Crippen LogP contribution in [0, 0.1) is 0 Å². The predicted molar refractivity (Wildman–Crippen MR) is 142 cm³/mol. The van der Waals surface area contributed by atoms with Gasteiger partial charge in [-0.05, 0) is 53.6 Å². The lowest BCUT2D eigenvalue weighted by atomic mass is 9.85. The van der Waals surface area contributed by atoms with Gasteiger partial charge in [0.05, 0.1) is 31.6 Å². The van der Waals surface area contributed by atoms with Crippen LogP contribution in [0.25, 0.3) is 22.1 Å². The number of esters is 1. The van der Waals surface area contributed by atoms with Gasteiger partial charge in [-0.25, -0.2) is 9.97 Å². The van der Waals surface area contributed by atoms with E-state index in [0.717, 1.165) is 5.56 Å². The van der Waals surface area contributed by atoms with Gasteiger partial charge in [-0.3, -0.25) is 9.59 Å². The zero-order valence-corrected chi connectivity index (χ0v) is 21.0. The molecule has 3 aromatic carbocycles. The van der Waals surface area contributed by atoms with Gasteiger partial charge in [0.25, 0.3) is 0 Å². The summed E-state index contributed by atoms with van der Waals surface area (Å²) in [5.41, 5.74) is 2.54. The van der Waals surface area contributed by atoms with E-state index in [1.807, 2.05) is 18.2 Å². The highest BCUT2D eigenvalue weighted by Crippen LogP contribution is 2.43. The number of hydrogen-bond donors (Lipinski definition) is 0. The highest BCUT2D eigenvalue weighted by molar-refractivity contribution is 5.90. The molecule has 0 amide bonds. The Hall–Kier alpha value is -5.18. The number of nitrogens with zero attached hydrogens (tertiary/aromatic N) is 2. The first-order valence-electron chi connectivity index (χ1n) is 12.1. The number of aromatic nitrogens is 2. The van der Waals surface area contributed by atoms with Crippen molar-refractivity contribution in [1.82, 2.24) is 9.97 Å². The molecule has 1 atom stereocenters. The highest BCUT2D eigenvalue weighted by Gasteiger charge is 2.32. The van der Waals surface area contributed by atoms with Crippen LogP contribution in [0.5, 0.6) is 29.0 Å². The largest absolute Gasteiger partial charge is 0.493 e. The minimum atomic E-state index is -0.430. The third-order valence-corrected chi connectivity index (χ3v) is 6.59. The van der Waals surface area contributed by atoms with Gasteiger partial charge < -0.3 is 23.4 Å². The molecule has 0 N–H and O–H groups in total. The standard InChI is InChI=1S/C30H22N2O7/c1-35-23-9-7-18(14-25(23)36-2)22-16-37-29-20(28(22)34)8-10-24-27(29)21(15-26(33)39-24)17-5-3-6-19(13-17)38-30-31-11-4-12-32-30/h3-14,16,21H,15H2,1-2H3. The summed E-state index contributed by atoms with van der Waals surface area (Å²) in [5.74, 6) is 1.10. The number of fused-ring (bicyclic) bond motifs is 3. The Morgan fingerprint density at radius 3 is 2.51 bits per heavy atom. The minimum absolute atomic E-state index is 0.0680. The molecule has 39 heavy (non-hydrogen) atoms. The van der Waals surface area contributed by atoms with E-state index in [1.165, 1.54) is 13.4 Å². The molecule has 0 fully saturated rings. The maximum absolute atomic E-state index is 13.7. The van der Waals surface area contributed by atoms with Gasteiger partial charge in [0.15, 0.2) is 11.5 Å². The Balaban J connectivity index is 1.45. The number of carbonyl (C=O) groups excluding carboxylic acids is 1. The minimum Gasteiger partial charge on any atom is -0.493 e. The summed E-state index contributed by atoms with van der Waals surface area (Å²) in [6, 6.07) is 17.7. The van der Waals surface area contributed by atoms with Gasteiger partial charge in [-0.15, -0.1) is 0 Å². The molecule has 5 aromatic rings. The highest BCUT2D eigenvalue weighted by atomic mass is 16.5. The zero-order valence-electron chi connectivity index (χ0n) is 21.0. The van der Waals surface area contributed by atoms with E-state index in [4.69, 9.17) is 23.4 Å². The summed E-state index contributed by atoms with van der Waals surface area (Å²) >= 11 is 0. The summed E-state index contributed by atoms with van der Waals surface area (Å²) in [6.45, 7) is 0. The van der Waals surface area contributed by atoms with E-state index in [0.29, 0.717) is 50.7 Å². The van der Waals surface area contributed by atoms with Gasteiger partial charge in [0.2, 0.25) is 5.43 Å². The molecule has 1 aliphatic rings. The molecular weight excluding hydrogens is 500 g/mol. The van der Waals surface area contributed by atoms with Crippen LogP contribution >= 0.6 is 0 Å². The molecule has 194 valence electrons. The quantitative estimate of drug-likeness (QED) is 0.211. The third kappa shape index (κ3) is 4.44. The van der Waals surface area contributed by atoms with Gasteiger partial charge in [0.1, 0.15) is 23.3 Å². The molecule has 0 bridgehead atoms. The molecule has 9 nitrogen and oxygen atoms in total. The van der Waals surface area contributed by atoms with Gasteiger partial charge >= 0.3 is 12.0 Å². The van der Waals surface area contributed by atoms with Crippen molar-refractivity contribution in [2.24, 2.45) is 0 Å². The topological polar surface area (TPSA) is 110 Å². The van der Waals surface area contributed by atoms with Gasteiger partial charge in [-0.1, -0.05) is 18.2 Å². The average Bonchev–Trinajstić information content (AvgIpc) is 2.97. The smallest absolute Gasteiger partial charge is 0.321 e. The number of rotatable bonds is 6. The number of ether oxygens (including phenoxy) is 4. The Kier molecular flexibility index (Phi) is 6.16. The van der Waals surface area contributed by atoms with E-state index >= 15 is 0 Å². The fourth-order valence-corrected chi connectivity index (χ4v) is 4.78. The van der Waals surface area contributed by atoms with Crippen LogP contribution in [0.1, 0.15) is 23.5 Å². The number of methoxy groups -OCH3 is 2. The Morgan fingerprint density at radius 2 is 1.72 bits per heavy atom. The Morgan fingerprint density at radius 1 is 0.897 bits per heavy atom. The third-order valence-electron chi connectivity index (χ3n) is 6.59. The molecule has 0 saturated carbocycles. The van der Waals surface area contributed by atoms with Crippen LogP contribution in [-0.4, -0.2) is 30.2 Å². The van der Waals surface area contributed by atoms with Crippen molar-refractivity contribution in [3.63, 3.8) is 0 Å². The van der Waals surface area contributed by atoms with Gasteiger partial charge in [-0.2, -0.15) is 0 Å². The first kappa shape index (κ1) is 24.2. The average molecular weight is 523 g/mol. The Bertz CT molecular complexity index is 1770. The summed E-state index contributed by atoms with van der Waals surface area (Å²) in [6.07, 6.45) is 4.67. The van der Waals surface area contributed by atoms with Crippen molar-refractivity contribution in [2.45, 2.75) is 12.3 Å². The monoisotopic (exact) mass is 522 g/mol. The lowest BCUT2D eigenvalue weighted by Crippen LogP contribution is -2.22. The summed E-state index contributed by atoms with van der Waals surface area (Å²) in [7, 11) is 3.08. The second-order valence-corrected chi connectivity index (χ2v) is 8.84. The van der Waals surface area contributed by atoms with Crippen molar-refractivity contribution in [3.8, 4) is 40.1 Å². The van der Waals surface area contributed by atoms with Crippen LogP contribution in [0.2, 0.25) is 0 Å². The normalized spacial score (nSPS) is 14.4. The summed E-state index contributed by atoms with van der Waals surface area (Å²) in [5, 5.41) is 0.370. The predicted octanol–water partition coefficient (Wildman–Crippen LogP) is 5.50. The number of benzene rings is 3. The zero-order chi connectivity index (χ0) is 26.9. The summed E-state index contributed by atoms with van der Waals surface area (Å²) < 4.78 is 28.2. The lowest BCUT2D eigenvalue weighted by Gasteiger charge is -2.25. The molecular formula is C30H22N2O7. The summed E-state index contributed by atoms with van der Waals surface area (Å²) in [4.78, 5) is 34.4. The SMILES string of the molecule is COc1ccc(-c2coc3c4c(ccc3c2=O)OC(=O)CC4c2cccc(Oc3ncccn3)c2)cc1OC.